The van der Waals surface area contributed by atoms with Crippen molar-refractivity contribution in [3.8, 4) is 5.75 Å². The summed E-state index contributed by atoms with van der Waals surface area (Å²) in [7, 11) is 0. The number of esters is 1. The van der Waals surface area contributed by atoms with Crippen molar-refractivity contribution < 1.29 is 9.53 Å². The van der Waals surface area contributed by atoms with Crippen molar-refractivity contribution in [2.75, 3.05) is 0 Å². The average Bonchev–Trinajstić information content (AvgIpc) is 1.93. The number of hydrogen-bond acceptors (Lipinski definition) is 2. The summed E-state index contributed by atoms with van der Waals surface area (Å²) in [6.07, 6.45) is 0. The molecule has 3 heteroatoms. The fourth-order valence-electron chi connectivity index (χ4n) is 0.772. The number of aryl methyl sites for hydroxylation is 1. The van der Waals surface area contributed by atoms with Gasteiger partial charge in [0.25, 0.3) is 0 Å². The minimum Gasteiger partial charge on any atom is -0.427 e. The molecule has 61 valence electrons. The van der Waals surface area contributed by atoms with Crippen LogP contribution in [0.25, 0.3) is 0 Å². The molecule has 0 N–H and O–H groups in total. The maximum Gasteiger partial charge on any atom is 0.308 e. The van der Waals surface area contributed by atoms with Gasteiger partial charge in [-0.2, -0.15) is 0 Å². The molecule has 1 radical (unpaired) electrons. The van der Waals surface area contributed by atoms with Crippen molar-refractivity contribution >= 4 is 33.3 Å². The van der Waals surface area contributed by atoms with Gasteiger partial charge in [0.05, 0.1) is 0 Å². The normalized spacial score (nSPS) is 8.50. The molecule has 0 saturated carbocycles. The Balaban J connectivity index is 0.00000121. The summed E-state index contributed by atoms with van der Waals surface area (Å²) >= 11 is 0. The maximum absolute atomic E-state index is 10.5. The van der Waals surface area contributed by atoms with E-state index in [1.807, 2.05) is 19.1 Å². The summed E-state index contributed by atoms with van der Waals surface area (Å²) in [5.74, 6) is 0.317. The predicted octanol–water partition coefficient (Wildman–Crippen LogP) is 1.54. The molecule has 0 aliphatic carbocycles. The Bertz CT molecular complexity index is 254. The van der Waals surface area contributed by atoms with Gasteiger partial charge in [0.2, 0.25) is 0 Å². The van der Waals surface area contributed by atoms with Crippen LogP contribution in [0.5, 0.6) is 5.75 Å². The Morgan fingerprint density at radius 1 is 1.25 bits per heavy atom. The van der Waals surface area contributed by atoms with Gasteiger partial charge < -0.3 is 4.74 Å². The van der Waals surface area contributed by atoms with Crippen LogP contribution in [0.4, 0.5) is 0 Å². The summed E-state index contributed by atoms with van der Waals surface area (Å²) in [6, 6.07) is 7.35. The van der Waals surface area contributed by atoms with Gasteiger partial charge in [-0.15, -0.1) is 0 Å². The molecule has 1 aromatic rings. The van der Waals surface area contributed by atoms with Crippen molar-refractivity contribution in [2.45, 2.75) is 13.8 Å². The summed E-state index contributed by atoms with van der Waals surface area (Å²) in [5, 5.41) is 0. The summed E-state index contributed by atoms with van der Waals surface area (Å²) in [4.78, 5) is 10.5. The van der Waals surface area contributed by atoms with Crippen LogP contribution >= 0.6 is 0 Å². The van der Waals surface area contributed by atoms with Gasteiger partial charge in [0.15, 0.2) is 0 Å². The topological polar surface area (TPSA) is 26.3 Å². The third-order valence-electron chi connectivity index (χ3n) is 1.28. The molecule has 0 atom stereocenters. The Labute approximate surface area is 92.1 Å². The van der Waals surface area contributed by atoms with Crippen molar-refractivity contribution in [3.63, 3.8) is 0 Å². The minimum absolute atomic E-state index is 0. The van der Waals surface area contributed by atoms with E-state index in [9.17, 15) is 4.79 Å². The summed E-state index contributed by atoms with van der Waals surface area (Å²) in [5.41, 5.74) is 1.15. The van der Waals surface area contributed by atoms with Crippen LogP contribution in [0.15, 0.2) is 24.3 Å². The molecule has 1 rings (SSSR count). The summed E-state index contributed by atoms with van der Waals surface area (Å²) in [6.45, 7) is 3.37. The molecule has 0 heterocycles. The van der Waals surface area contributed by atoms with E-state index in [4.69, 9.17) is 4.74 Å². The molecule has 0 unspecified atom stereocenters. The SMILES string of the molecule is CC(=O)Oc1ccc(C)cc1.[Tl]. The Morgan fingerprint density at radius 3 is 2.17 bits per heavy atom. The molecule has 0 amide bonds. The number of hydrogen-bond donors (Lipinski definition) is 0. The van der Waals surface area contributed by atoms with Gasteiger partial charge in [-0.05, 0) is 19.1 Å². The molecule has 1 aromatic carbocycles. The first-order valence-electron chi connectivity index (χ1n) is 3.43. The number of carbonyl (C=O) groups excluding carboxylic acids is 1. The monoisotopic (exact) mass is 355 g/mol. The van der Waals surface area contributed by atoms with Crippen LogP contribution in [-0.4, -0.2) is 33.3 Å². The van der Waals surface area contributed by atoms with E-state index in [0.29, 0.717) is 5.75 Å². The van der Waals surface area contributed by atoms with E-state index in [1.165, 1.54) is 6.92 Å². The predicted molar refractivity (Wildman–Crippen MR) is 48.2 cm³/mol. The van der Waals surface area contributed by atoms with E-state index in [-0.39, 0.29) is 33.3 Å². The summed E-state index contributed by atoms with van der Waals surface area (Å²) < 4.78 is 4.83. The fraction of sp³-hybridized carbons (Fsp3) is 0.222. The van der Waals surface area contributed by atoms with Crippen LogP contribution in [0, 0.1) is 6.92 Å². The molecule has 12 heavy (non-hydrogen) atoms. The number of benzene rings is 1. The van der Waals surface area contributed by atoms with Crippen molar-refractivity contribution in [2.24, 2.45) is 0 Å². The largest absolute Gasteiger partial charge is 0.427 e. The quantitative estimate of drug-likeness (QED) is 0.434. The van der Waals surface area contributed by atoms with Crippen molar-refractivity contribution in [3.05, 3.63) is 29.8 Å². The van der Waals surface area contributed by atoms with E-state index in [2.05, 4.69) is 0 Å². The standard InChI is InChI=1S/C9H10O2.Tl/c1-7-3-5-9(6-4-7)11-8(2)10;/h3-6H,1-2H3;. The van der Waals surface area contributed by atoms with Gasteiger partial charge in [-0.1, -0.05) is 17.7 Å². The number of rotatable bonds is 1. The average molecular weight is 355 g/mol. The van der Waals surface area contributed by atoms with E-state index >= 15 is 0 Å². The zero-order valence-electron chi connectivity index (χ0n) is 7.20. The van der Waals surface area contributed by atoms with Crippen molar-refractivity contribution in [1.29, 1.82) is 0 Å². The maximum atomic E-state index is 10.5. The molecular weight excluding hydrogens is 344 g/mol. The molecule has 0 fully saturated rings. The second-order valence-corrected chi connectivity index (χ2v) is 2.41. The first kappa shape index (κ1) is 11.6. The smallest absolute Gasteiger partial charge is 0.308 e. The Hall–Kier alpha value is -0.388. The van der Waals surface area contributed by atoms with Crippen LogP contribution in [0.2, 0.25) is 0 Å². The second kappa shape index (κ2) is 5.29. The van der Waals surface area contributed by atoms with E-state index in [1.54, 1.807) is 12.1 Å². The van der Waals surface area contributed by atoms with Gasteiger partial charge in [0.1, 0.15) is 5.75 Å². The van der Waals surface area contributed by atoms with Gasteiger partial charge in [-0.3, -0.25) is 4.79 Å². The van der Waals surface area contributed by atoms with Gasteiger partial charge in [0, 0.05) is 34.2 Å². The molecule has 0 aliphatic heterocycles. The number of carbonyl (C=O) groups is 1. The fourth-order valence-corrected chi connectivity index (χ4v) is 0.772. The molecule has 2 nitrogen and oxygen atoms in total. The van der Waals surface area contributed by atoms with E-state index < -0.39 is 0 Å². The zero-order valence-corrected chi connectivity index (χ0v) is 11.7. The van der Waals surface area contributed by atoms with Crippen LogP contribution in [0.3, 0.4) is 0 Å². The van der Waals surface area contributed by atoms with Crippen molar-refractivity contribution in [1.82, 2.24) is 0 Å². The first-order chi connectivity index (χ1) is 5.18. The molecule has 0 spiro atoms. The molecular formula is C9H10O2Tl. The van der Waals surface area contributed by atoms with Crippen LogP contribution in [-0.2, 0) is 4.79 Å². The molecule has 0 aliphatic rings. The second-order valence-electron chi connectivity index (χ2n) is 2.41. The first-order valence-corrected chi connectivity index (χ1v) is 3.43. The Morgan fingerprint density at radius 2 is 1.75 bits per heavy atom. The minimum atomic E-state index is -0.283. The van der Waals surface area contributed by atoms with Gasteiger partial charge >= 0.3 is 5.97 Å². The zero-order chi connectivity index (χ0) is 8.27. The molecule has 0 bridgehead atoms. The molecule has 0 saturated heterocycles. The van der Waals surface area contributed by atoms with Crippen LogP contribution < -0.4 is 4.74 Å². The van der Waals surface area contributed by atoms with E-state index in [0.717, 1.165) is 5.56 Å². The third-order valence-corrected chi connectivity index (χ3v) is 1.28. The van der Waals surface area contributed by atoms with Crippen LogP contribution in [0.1, 0.15) is 12.5 Å². The Kier molecular flexibility index (Phi) is 5.12. The third kappa shape index (κ3) is 3.85. The van der Waals surface area contributed by atoms with Gasteiger partial charge in [-0.25, -0.2) is 0 Å². The molecule has 0 aromatic heterocycles. The number of ether oxygens (including phenoxy) is 1.